The second-order valence-electron chi connectivity index (χ2n) is 5.22. The van der Waals surface area contributed by atoms with Gasteiger partial charge in [-0.15, -0.1) is 0 Å². The number of benzene rings is 1. The maximum Gasteiger partial charge on any atom is 0.251 e. The minimum atomic E-state index is -1.72. The summed E-state index contributed by atoms with van der Waals surface area (Å²) in [5.41, 5.74) is 2.02. The van der Waals surface area contributed by atoms with E-state index in [9.17, 15) is 14.4 Å². The number of ketones is 2. The van der Waals surface area contributed by atoms with Gasteiger partial charge in [-0.05, 0) is 37.6 Å². The van der Waals surface area contributed by atoms with E-state index < -0.39 is 16.4 Å². The number of rotatable bonds is 4. The van der Waals surface area contributed by atoms with E-state index in [1.165, 1.54) is 12.2 Å². The zero-order valence-corrected chi connectivity index (χ0v) is 13.1. The van der Waals surface area contributed by atoms with Crippen molar-refractivity contribution in [1.82, 2.24) is 5.32 Å². The van der Waals surface area contributed by atoms with Crippen LogP contribution in [0.3, 0.4) is 0 Å². The van der Waals surface area contributed by atoms with E-state index in [0.717, 1.165) is 11.1 Å². The monoisotopic (exact) mass is 317 g/mol. The minimum absolute atomic E-state index is 0.306. The molecule has 0 saturated carbocycles. The van der Waals surface area contributed by atoms with Gasteiger partial charge < -0.3 is 5.32 Å². The van der Waals surface area contributed by atoms with Crippen LogP contribution < -0.4 is 5.32 Å². The number of hydrogen-bond acceptors (Lipinski definition) is 3. The molecular formula is C17H16ClNO3. The van der Waals surface area contributed by atoms with Gasteiger partial charge in [0.05, 0.1) is 6.54 Å². The first kappa shape index (κ1) is 16.2. The fraction of sp³-hybridized carbons (Fsp3) is 0.235. The highest BCUT2D eigenvalue weighted by atomic mass is 35.5. The SMILES string of the molecule is CC1=CC(Cl)(C(=O)CNC(=O)c2ccccc2C)C(=O)C=C1. The van der Waals surface area contributed by atoms with E-state index in [2.05, 4.69) is 5.32 Å². The van der Waals surface area contributed by atoms with Gasteiger partial charge in [0.15, 0.2) is 16.4 Å². The van der Waals surface area contributed by atoms with Crippen LogP contribution in [0, 0.1) is 6.92 Å². The predicted molar refractivity (Wildman–Crippen MR) is 85.0 cm³/mol. The van der Waals surface area contributed by atoms with Crippen LogP contribution >= 0.6 is 11.6 Å². The molecule has 2 rings (SSSR count). The average Bonchev–Trinajstić information content (AvgIpc) is 2.49. The smallest absolute Gasteiger partial charge is 0.251 e. The topological polar surface area (TPSA) is 63.2 Å². The molecule has 1 unspecified atom stereocenters. The van der Waals surface area contributed by atoms with E-state index in [4.69, 9.17) is 11.6 Å². The molecule has 0 heterocycles. The van der Waals surface area contributed by atoms with E-state index in [0.29, 0.717) is 5.56 Å². The van der Waals surface area contributed by atoms with E-state index >= 15 is 0 Å². The lowest BCUT2D eigenvalue weighted by Crippen LogP contribution is -2.46. The van der Waals surface area contributed by atoms with Crippen LogP contribution in [0.4, 0.5) is 0 Å². The number of alkyl halides is 1. The Labute approximate surface area is 133 Å². The maximum atomic E-state index is 12.3. The molecule has 1 aliphatic carbocycles. The maximum absolute atomic E-state index is 12.3. The highest BCUT2D eigenvalue weighted by Crippen LogP contribution is 2.26. The van der Waals surface area contributed by atoms with E-state index in [1.54, 1.807) is 38.1 Å². The first-order valence-corrected chi connectivity index (χ1v) is 7.20. The summed E-state index contributed by atoms with van der Waals surface area (Å²) in [6, 6.07) is 7.05. The Balaban J connectivity index is 2.07. The normalized spacial score (nSPS) is 20.5. The highest BCUT2D eigenvalue weighted by Gasteiger charge is 2.41. The number of carbonyl (C=O) groups is 3. The highest BCUT2D eigenvalue weighted by molar-refractivity contribution is 6.50. The van der Waals surface area contributed by atoms with Crippen molar-refractivity contribution in [2.75, 3.05) is 6.54 Å². The molecule has 1 aliphatic rings. The van der Waals surface area contributed by atoms with Crippen LogP contribution in [0.25, 0.3) is 0 Å². The molecule has 4 nitrogen and oxygen atoms in total. The lowest BCUT2D eigenvalue weighted by atomic mass is 9.90. The molecule has 1 aromatic rings. The molecule has 0 saturated heterocycles. The Morgan fingerprint density at radius 1 is 1.18 bits per heavy atom. The third kappa shape index (κ3) is 3.17. The molecule has 1 aromatic carbocycles. The first-order valence-electron chi connectivity index (χ1n) is 6.82. The van der Waals surface area contributed by atoms with Crippen molar-refractivity contribution in [3.8, 4) is 0 Å². The predicted octanol–water partition coefficient (Wildman–Crippen LogP) is 2.36. The van der Waals surface area contributed by atoms with Crippen LogP contribution in [-0.2, 0) is 9.59 Å². The Morgan fingerprint density at radius 3 is 2.55 bits per heavy atom. The van der Waals surface area contributed by atoms with Crippen LogP contribution in [0.5, 0.6) is 0 Å². The molecule has 0 aromatic heterocycles. The fourth-order valence-electron chi connectivity index (χ4n) is 2.19. The molecule has 0 aliphatic heterocycles. The molecule has 1 N–H and O–H groups in total. The Hall–Kier alpha value is -2.20. The molecule has 1 amide bonds. The van der Waals surface area contributed by atoms with Gasteiger partial charge in [-0.1, -0.05) is 41.4 Å². The van der Waals surface area contributed by atoms with Gasteiger partial charge in [-0.25, -0.2) is 0 Å². The number of hydrogen-bond donors (Lipinski definition) is 1. The van der Waals surface area contributed by atoms with Crippen molar-refractivity contribution in [2.45, 2.75) is 18.7 Å². The molecule has 1 atom stereocenters. The number of carbonyl (C=O) groups excluding carboxylic acids is 3. The number of amides is 1. The lowest BCUT2D eigenvalue weighted by molar-refractivity contribution is -0.126. The minimum Gasteiger partial charge on any atom is -0.345 e. The first-order chi connectivity index (χ1) is 10.3. The molecule has 0 spiro atoms. The van der Waals surface area contributed by atoms with Gasteiger partial charge in [0.25, 0.3) is 5.91 Å². The van der Waals surface area contributed by atoms with Gasteiger partial charge in [0.1, 0.15) is 0 Å². The zero-order valence-electron chi connectivity index (χ0n) is 12.4. The molecule has 114 valence electrons. The third-order valence-electron chi connectivity index (χ3n) is 3.49. The largest absolute Gasteiger partial charge is 0.345 e. The fourth-order valence-corrected chi connectivity index (χ4v) is 2.49. The zero-order chi connectivity index (χ0) is 16.3. The van der Waals surface area contributed by atoms with Gasteiger partial charge >= 0.3 is 0 Å². The number of Topliss-reactive ketones (excluding diaryl/α,β-unsaturated/α-hetero) is 1. The van der Waals surface area contributed by atoms with E-state index in [-0.39, 0.29) is 12.5 Å². The summed E-state index contributed by atoms with van der Waals surface area (Å²) in [7, 11) is 0. The number of aryl methyl sites for hydroxylation is 1. The summed E-state index contributed by atoms with van der Waals surface area (Å²) in [5.74, 6) is -1.41. The van der Waals surface area contributed by atoms with Crippen molar-refractivity contribution < 1.29 is 14.4 Å². The van der Waals surface area contributed by atoms with Crippen molar-refractivity contribution in [3.05, 3.63) is 59.2 Å². The van der Waals surface area contributed by atoms with Crippen molar-refractivity contribution in [2.24, 2.45) is 0 Å². The Bertz CT molecular complexity index is 706. The van der Waals surface area contributed by atoms with Gasteiger partial charge in [0, 0.05) is 5.56 Å². The van der Waals surface area contributed by atoms with Crippen LogP contribution in [0.15, 0.2) is 48.1 Å². The summed E-state index contributed by atoms with van der Waals surface area (Å²) in [6.07, 6.45) is 4.30. The average molecular weight is 318 g/mol. The lowest BCUT2D eigenvalue weighted by Gasteiger charge is -2.22. The second-order valence-corrected chi connectivity index (χ2v) is 5.81. The number of allylic oxidation sites excluding steroid dienone is 4. The number of nitrogens with one attached hydrogen (secondary N) is 1. The summed E-state index contributed by atoms with van der Waals surface area (Å²) in [6.45, 7) is 3.25. The summed E-state index contributed by atoms with van der Waals surface area (Å²) >= 11 is 6.15. The Kier molecular flexibility index (Phi) is 4.62. The van der Waals surface area contributed by atoms with Gasteiger partial charge in [-0.3, -0.25) is 14.4 Å². The van der Waals surface area contributed by atoms with Crippen LogP contribution in [-0.4, -0.2) is 28.9 Å². The van der Waals surface area contributed by atoms with Crippen molar-refractivity contribution >= 4 is 29.1 Å². The van der Waals surface area contributed by atoms with Gasteiger partial charge in [-0.2, -0.15) is 0 Å². The van der Waals surface area contributed by atoms with Crippen LogP contribution in [0.1, 0.15) is 22.8 Å². The van der Waals surface area contributed by atoms with E-state index in [1.807, 2.05) is 6.07 Å². The molecular weight excluding hydrogens is 302 g/mol. The Morgan fingerprint density at radius 2 is 1.86 bits per heavy atom. The third-order valence-corrected chi connectivity index (χ3v) is 3.99. The summed E-state index contributed by atoms with van der Waals surface area (Å²) in [4.78, 5) is 34.5. The molecule has 5 heteroatoms. The summed E-state index contributed by atoms with van der Waals surface area (Å²) in [5, 5.41) is 2.52. The summed E-state index contributed by atoms with van der Waals surface area (Å²) < 4.78 is 0. The molecule has 22 heavy (non-hydrogen) atoms. The van der Waals surface area contributed by atoms with Crippen LogP contribution in [0.2, 0.25) is 0 Å². The van der Waals surface area contributed by atoms with Gasteiger partial charge in [0.2, 0.25) is 0 Å². The van der Waals surface area contributed by atoms with Crippen molar-refractivity contribution in [1.29, 1.82) is 0 Å². The number of halogens is 1. The molecule has 0 radical (unpaired) electrons. The van der Waals surface area contributed by atoms with Crippen molar-refractivity contribution in [3.63, 3.8) is 0 Å². The second kappa shape index (κ2) is 6.28. The standard InChI is InChI=1S/C17H16ClNO3/c1-11-7-8-14(20)17(18,9-11)15(21)10-19-16(22)13-6-4-3-5-12(13)2/h3-9H,10H2,1-2H3,(H,19,22). The molecule has 0 fully saturated rings. The molecule has 0 bridgehead atoms. The quantitative estimate of drug-likeness (QED) is 0.685.